The predicted molar refractivity (Wildman–Crippen MR) is 119 cm³/mol. The zero-order valence-electron chi connectivity index (χ0n) is 18.2. The van der Waals surface area contributed by atoms with Crippen LogP contribution in [-0.4, -0.2) is 27.8 Å². The third kappa shape index (κ3) is 5.06. The number of nitrogens with zero attached hydrogens (tertiary/aromatic N) is 1. The van der Waals surface area contributed by atoms with Crippen LogP contribution in [0.15, 0.2) is 48.5 Å². The molecule has 6 nitrogen and oxygen atoms in total. The molecule has 0 fully saturated rings. The third-order valence-corrected chi connectivity index (χ3v) is 5.12. The summed E-state index contributed by atoms with van der Waals surface area (Å²) in [6, 6.07) is 14.6. The molecule has 0 aliphatic carbocycles. The van der Waals surface area contributed by atoms with E-state index in [1.54, 1.807) is 12.1 Å². The Kier molecular flexibility index (Phi) is 6.25. The molecule has 3 rings (SSSR count). The minimum atomic E-state index is -0.635. The third-order valence-electron chi connectivity index (χ3n) is 5.12. The summed E-state index contributed by atoms with van der Waals surface area (Å²) in [7, 11) is 0. The maximum Gasteiger partial charge on any atom is 0.251 e. The molecule has 158 valence electrons. The smallest absolute Gasteiger partial charge is 0.251 e. The van der Waals surface area contributed by atoms with E-state index in [2.05, 4.69) is 41.4 Å². The molecule has 2 amide bonds. The Bertz CT molecular complexity index is 996. The molecular weight excluding hydrogens is 376 g/mol. The van der Waals surface area contributed by atoms with Gasteiger partial charge < -0.3 is 15.6 Å². The van der Waals surface area contributed by atoms with E-state index in [4.69, 9.17) is 0 Å². The average molecular weight is 407 g/mol. The van der Waals surface area contributed by atoms with Crippen LogP contribution >= 0.6 is 0 Å². The van der Waals surface area contributed by atoms with Crippen molar-refractivity contribution in [3.63, 3.8) is 0 Å². The number of hydrogen-bond acceptors (Lipinski definition) is 3. The first-order valence-electron chi connectivity index (χ1n) is 10.3. The fourth-order valence-electron chi connectivity index (χ4n) is 3.25. The van der Waals surface area contributed by atoms with E-state index < -0.39 is 6.04 Å². The second kappa shape index (κ2) is 8.69. The van der Waals surface area contributed by atoms with E-state index in [-0.39, 0.29) is 29.7 Å². The van der Waals surface area contributed by atoms with Crippen LogP contribution in [0.25, 0.3) is 11.0 Å². The number of amides is 2. The first-order valence-corrected chi connectivity index (χ1v) is 10.3. The summed E-state index contributed by atoms with van der Waals surface area (Å²) in [5, 5.41) is 5.75. The minimum absolute atomic E-state index is 0.0199. The van der Waals surface area contributed by atoms with Gasteiger partial charge in [0.15, 0.2) is 0 Å². The molecular formula is C24H30N4O2. The van der Waals surface area contributed by atoms with Crippen molar-refractivity contribution >= 4 is 22.8 Å². The Labute approximate surface area is 177 Å². The molecule has 3 aromatic rings. The Morgan fingerprint density at radius 3 is 2.30 bits per heavy atom. The van der Waals surface area contributed by atoms with Crippen molar-refractivity contribution in [3.05, 3.63) is 65.5 Å². The first-order chi connectivity index (χ1) is 14.1. The number of hydrogen-bond donors (Lipinski definition) is 3. The van der Waals surface area contributed by atoms with E-state index in [9.17, 15) is 9.59 Å². The van der Waals surface area contributed by atoms with E-state index in [0.29, 0.717) is 11.4 Å². The number of imidazole rings is 1. The molecule has 1 unspecified atom stereocenters. The number of fused-ring (bicyclic) bond motifs is 1. The van der Waals surface area contributed by atoms with Crippen molar-refractivity contribution < 1.29 is 9.59 Å². The van der Waals surface area contributed by atoms with Gasteiger partial charge in [-0.2, -0.15) is 0 Å². The quantitative estimate of drug-likeness (QED) is 0.580. The lowest BCUT2D eigenvalue weighted by molar-refractivity contribution is -0.124. The highest BCUT2D eigenvalue weighted by atomic mass is 16.2. The van der Waals surface area contributed by atoms with Gasteiger partial charge in [0.05, 0.1) is 17.6 Å². The molecule has 2 aromatic carbocycles. The van der Waals surface area contributed by atoms with Gasteiger partial charge in [-0.15, -0.1) is 0 Å². The summed E-state index contributed by atoms with van der Waals surface area (Å²) in [4.78, 5) is 33.1. The van der Waals surface area contributed by atoms with Gasteiger partial charge in [-0.25, -0.2) is 4.98 Å². The largest absolute Gasteiger partial charge is 0.347 e. The summed E-state index contributed by atoms with van der Waals surface area (Å²) in [6.45, 7) is 10.5. The molecule has 1 heterocycles. The molecule has 1 atom stereocenters. The van der Waals surface area contributed by atoms with E-state index in [1.165, 1.54) is 0 Å². The fraction of sp³-hybridized carbons (Fsp3) is 0.375. The van der Waals surface area contributed by atoms with Crippen LogP contribution in [-0.2, 0) is 16.8 Å². The second-order valence-corrected chi connectivity index (χ2v) is 8.94. The Hall–Kier alpha value is -3.15. The first kappa shape index (κ1) is 21.6. The number of carbonyl (C=O) groups excluding carboxylic acids is 2. The van der Waals surface area contributed by atoms with Gasteiger partial charge in [0.25, 0.3) is 5.91 Å². The minimum Gasteiger partial charge on any atom is -0.347 e. The van der Waals surface area contributed by atoms with Crippen LogP contribution in [0.3, 0.4) is 0 Å². The molecule has 0 saturated heterocycles. The van der Waals surface area contributed by atoms with Gasteiger partial charge in [0.2, 0.25) is 5.91 Å². The zero-order chi connectivity index (χ0) is 21.9. The van der Waals surface area contributed by atoms with Crippen LogP contribution in [0.4, 0.5) is 0 Å². The van der Waals surface area contributed by atoms with Crippen LogP contribution in [0.2, 0.25) is 0 Å². The lowest BCUT2D eigenvalue weighted by Crippen LogP contribution is -2.49. The fourth-order valence-corrected chi connectivity index (χ4v) is 3.25. The van der Waals surface area contributed by atoms with Gasteiger partial charge >= 0.3 is 0 Å². The van der Waals surface area contributed by atoms with Gasteiger partial charge in [-0.3, -0.25) is 9.59 Å². The lowest BCUT2D eigenvalue weighted by Gasteiger charge is -2.22. The number of rotatable bonds is 6. The Morgan fingerprint density at radius 2 is 1.70 bits per heavy atom. The molecule has 0 spiro atoms. The molecule has 0 saturated carbocycles. The number of aromatic nitrogens is 2. The number of H-pyrrole nitrogens is 1. The van der Waals surface area contributed by atoms with Crippen molar-refractivity contribution in [1.29, 1.82) is 0 Å². The molecule has 0 aliphatic heterocycles. The monoisotopic (exact) mass is 406 g/mol. The summed E-state index contributed by atoms with van der Waals surface area (Å²) in [5.41, 5.74) is 3.50. The summed E-state index contributed by atoms with van der Waals surface area (Å²) in [5.74, 6) is 0.132. The average Bonchev–Trinajstić information content (AvgIpc) is 3.12. The SMILES string of the molecule is CC(C)C(NC(=O)c1ccc(C(C)(C)C)cc1)C(=O)NCc1nc2ccccc2[nH]1. The molecule has 0 radical (unpaired) electrons. The topological polar surface area (TPSA) is 86.9 Å². The number of carbonyl (C=O) groups is 2. The van der Waals surface area contributed by atoms with Crippen LogP contribution in [0.1, 0.15) is 56.4 Å². The molecule has 0 aliphatic rings. The maximum absolute atomic E-state index is 12.8. The Balaban J connectivity index is 1.64. The number of nitrogens with one attached hydrogen (secondary N) is 3. The van der Waals surface area contributed by atoms with E-state index in [1.807, 2.05) is 50.2 Å². The normalized spacial score (nSPS) is 12.7. The van der Waals surface area contributed by atoms with Crippen molar-refractivity contribution in [1.82, 2.24) is 20.6 Å². The van der Waals surface area contributed by atoms with Gasteiger partial charge in [0.1, 0.15) is 11.9 Å². The van der Waals surface area contributed by atoms with Crippen LogP contribution in [0, 0.1) is 5.92 Å². The van der Waals surface area contributed by atoms with Crippen LogP contribution in [0.5, 0.6) is 0 Å². The van der Waals surface area contributed by atoms with Crippen molar-refractivity contribution in [3.8, 4) is 0 Å². The molecule has 3 N–H and O–H groups in total. The number of para-hydroxylation sites is 2. The van der Waals surface area contributed by atoms with Crippen LogP contribution < -0.4 is 10.6 Å². The Morgan fingerprint density at radius 1 is 1.03 bits per heavy atom. The second-order valence-electron chi connectivity index (χ2n) is 8.94. The van der Waals surface area contributed by atoms with E-state index >= 15 is 0 Å². The molecule has 30 heavy (non-hydrogen) atoms. The summed E-state index contributed by atoms with van der Waals surface area (Å²) >= 11 is 0. The molecule has 6 heteroatoms. The zero-order valence-corrected chi connectivity index (χ0v) is 18.2. The number of benzene rings is 2. The summed E-state index contributed by atoms with van der Waals surface area (Å²) < 4.78 is 0. The number of aromatic amines is 1. The van der Waals surface area contributed by atoms with Gasteiger partial charge in [-0.1, -0.05) is 58.9 Å². The van der Waals surface area contributed by atoms with Gasteiger partial charge in [0, 0.05) is 5.56 Å². The molecule has 0 bridgehead atoms. The highest BCUT2D eigenvalue weighted by Crippen LogP contribution is 2.22. The summed E-state index contributed by atoms with van der Waals surface area (Å²) in [6.07, 6.45) is 0. The van der Waals surface area contributed by atoms with Gasteiger partial charge in [-0.05, 0) is 41.2 Å². The van der Waals surface area contributed by atoms with Crippen molar-refractivity contribution in [2.45, 2.75) is 52.6 Å². The van der Waals surface area contributed by atoms with Crippen molar-refractivity contribution in [2.24, 2.45) is 5.92 Å². The molecule has 1 aromatic heterocycles. The standard InChI is InChI=1S/C24H30N4O2/c1-15(2)21(28-22(29)16-10-12-17(13-11-16)24(3,4)5)23(30)25-14-20-26-18-8-6-7-9-19(18)27-20/h6-13,15,21H,14H2,1-5H3,(H,25,30)(H,26,27)(H,28,29). The maximum atomic E-state index is 12.8. The van der Waals surface area contributed by atoms with E-state index in [0.717, 1.165) is 16.6 Å². The highest BCUT2D eigenvalue weighted by Gasteiger charge is 2.25. The lowest BCUT2D eigenvalue weighted by atomic mass is 9.86. The predicted octanol–water partition coefficient (Wildman–Crippen LogP) is 3.93. The van der Waals surface area contributed by atoms with Crippen molar-refractivity contribution in [2.75, 3.05) is 0 Å². The highest BCUT2D eigenvalue weighted by molar-refractivity contribution is 5.97.